The molecule has 1 rings (SSSR count). The van der Waals surface area contributed by atoms with Crippen LogP contribution in [0.5, 0.6) is 5.75 Å². The highest BCUT2D eigenvalue weighted by molar-refractivity contribution is 9.09. The van der Waals surface area contributed by atoms with Crippen molar-refractivity contribution >= 4 is 15.9 Å². The molecule has 1 aromatic rings. The van der Waals surface area contributed by atoms with Crippen molar-refractivity contribution in [2.75, 3.05) is 11.9 Å². The van der Waals surface area contributed by atoms with E-state index in [0.717, 1.165) is 24.1 Å². The van der Waals surface area contributed by atoms with Crippen molar-refractivity contribution < 1.29 is 4.74 Å². The molecule has 0 unspecified atom stereocenters. The first-order valence-electron chi connectivity index (χ1n) is 6.08. The van der Waals surface area contributed by atoms with Crippen LogP contribution >= 0.6 is 15.9 Å². The van der Waals surface area contributed by atoms with Crippen LogP contribution in [0.4, 0.5) is 0 Å². The lowest BCUT2D eigenvalue weighted by Crippen LogP contribution is -1.97. The maximum absolute atomic E-state index is 5.66. The van der Waals surface area contributed by atoms with Crippen LogP contribution in [0, 0.1) is 6.92 Å². The van der Waals surface area contributed by atoms with Crippen molar-refractivity contribution in [3.8, 4) is 5.75 Å². The van der Waals surface area contributed by atoms with Crippen molar-refractivity contribution in [3.05, 3.63) is 29.8 Å². The molecule has 0 amide bonds. The normalized spacial score (nSPS) is 10.4. The SMILES string of the molecule is Cc1ccc(OCCCCCCCBr)cc1. The van der Waals surface area contributed by atoms with Gasteiger partial charge < -0.3 is 4.74 Å². The molecule has 0 saturated carbocycles. The van der Waals surface area contributed by atoms with Gasteiger partial charge in [0.2, 0.25) is 0 Å². The fourth-order valence-corrected chi connectivity index (χ4v) is 1.95. The van der Waals surface area contributed by atoms with Gasteiger partial charge in [-0.1, -0.05) is 52.9 Å². The predicted molar refractivity (Wildman–Crippen MR) is 73.6 cm³/mol. The van der Waals surface area contributed by atoms with E-state index in [-0.39, 0.29) is 0 Å². The summed E-state index contributed by atoms with van der Waals surface area (Å²) < 4.78 is 5.66. The second-order valence-corrected chi connectivity index (χ2v) is 4.91. The van der Waals surface area contributed by atoms with E-state index in [9.17, 15) is 0 Å². The number of aryl methyl sites for hydroxylation is 1. The van der Waals surface area contributed by atoms with Crippen LogP contribution in [-0.2, 0) is 0 Å². The Morgan fingerprint density at radius 3 is 2.25 bits per heavy atom. The van der Waals surface area contributed by atoms with Crippen LogP contribution in [0.15, 0.2) is 24.3 Å². The maximum atomic E-state index is 5.66. The van der Waals surface area contributed by atoms with E-state index < -0.39 is 0 Å². The van der Waals surface area contributed by atoms with Crippen molar-refractivity contribution in [1.82, 2.24) is 0 Å². The zero-order valence-electron chi connectivity index (χ0n) is 10.0. The van der Waals surface area contributed by atoms with Crippen LogP contribution in [0.25, 0.3) is 0 Å². The van der Waals surface area contributed by atoms with E-state index in [0.29, 0.717) is 0 Å². The van der Waals surface area contributed by atoms with E-state index in [1.165, 1.54) is 31.2 Å². The Labute approximate surface area is 107 Å². The third kappa shape index (κ3) is 6.16. The third-order valence-electron chi connectivity index (χ3n) is 2.57. The van der Waals surface area contributed by atoms with Crippen molar-refractivity contribution in [3.63, 3.8) is 0 Å². The van der Waals surface area contributed by atoms with Crippen molar-refractivity contribution in [2.24, 2.45) is 0 Å². The molecule has 16 heavy (non-hydrogen) atoms. The number of unbranched alkanes of at least 4 members (excludes halogenated alkanes) is 4. The van der Waals surface area contributed by atoms with Gasteiger partial charge in [-0.15, -0.1) is 0 Å². The zero-order chi connectivity index (χ0) is 11.6. The van der Waals surface area contributed by atoms with Crippen LogP contribution in [0.2, 0.25) is 0 Å². The molecule has 1 nitrogen and oxygen atoms in total. The Balaban J connectivity index is 2.01. The van der Waals surface area contributed by atoms with Gasteiger partial charge >= 0.3 is 0 Å². The highest BCUT2D eigenvalue weighted by Gasteiger charge is 1.93. The van der Waals surface area contributed by atoms with Crippen molar-refractivity contribution in [1.29, 1.82) is 0 Å². The number of hydrogen-bond donors (Lipinski definition) is 0. The summed E-state index contributed by atoms with van der Waals surface area (Å²) in [4.78, 5) is 0. The molecule has 0 aliphatic rings. The molecule has 0 spiro atoms. The fourth-order valence-electron chi connectivity index (χ4n) is 1.55. The predicted octanol–water partition coefficient (Wildman–Crippen LogP) is 4.72. The summed E-state index contributed by atoms with van der Waals surface area (Å²) in [6, 6.07) is 8.26. The monoisotopic (exact) mass is 284 g/mol. The average molecular weight is 285 g/mol. The number of halogens is 1. The van der Waals surface area contributed by atoms with Gasteiger partial charge in [-0.3, -0.25) is 0 Å². The first-order valence-corrected chi connectivity index (χ1v) is 7.20. The molecule has 2 heteroatoms. The van der Waals surface area contributed by atoms with Gasteiger partial charge in [-0.2, -0.15) is 0 Å². The van der Waals surface area contributed by atoms with Crippen LogP contribution in [0.1, 0.15) is 37.7 Å². The molecule has 0 aliphatic heterocycles. The minimum absolute atomic E-state index is 0.845. The fraction of sp³-hybridized carbons (Fsp3) is 0.571. The average Bonchev–Trinajstić information content (AvgIpc) is 2.30. The van der Waals surface area contributed by atoms with Gasteiger partial charge in [0.15, 0.2) is 0 Å². The highest BCUT2D eigenvalue weighted by Crippen LogP contribution is 2.12. The molecule has 90 valence electrons. The van der Waals surface area contributed by atoms with Crippen LogP contribution in [0.3, 0.4) is 0 Å². The summed E-state index contributed by atoms with van der Waals surface area (Å²) in [6.45, 7) is 2.94. The molecule has 0 aliphatic carbocycles. The lowest BCUT2D eigenvalue weighted by molar-refractivity contribution is 0.304. The highest BCUT2D eigenvalue weighted by atomic mass is 79.9. The van der Waals surface area contributed by atoms with E-state index >= 15 is 0 Å². The van der Waals surface area contributed by atoms with Gasteiger partial charge in [0, 0.05) is 5.33 Å². The largest absolute Gasteiger partial charge is 0.494 e. The van der Waals surface area contributed by atoms with Gasteiger partial charge in [0.25, 0.3) is 0 Å². The van der Waals surface area contributed by atoms with Gasteiger partial charge in [-0.25, -0.2) is 0 Å². The molecule has 0 fully saturated rings. The number of hydrogen-bond acceptors (Lipinski definition) is 1. The van der Waals surface area contributed by atoms with Gasteiger partial charge in [0.1, 0.15) is 5.75 Å². The lowest BCUT2D eigenvalue weighted by Gasteiger charge is -2.06. The number of rotatable bonds is 8. The Kier molecular flexibility index (Phi) is 7.32. The summed E-state index contributed by atoms with van der Waals surface area (Å²) in [5.41, 5.74) is 1.28. The standard InChI is InChI=1S/C14H21BrO/c1-13-7-9-14(10-8-13)16-12-6-4-2-3-5-11-15/h7-10H,2-6,11-12H2,1H3. The van der Waals surface area contributed by atoms with Gasteiger partial charge in [0.05, 0.1) is 6.61 Å². The summed E-state index contributed by atoms with van der Waals surface area (Å²) >= 11 is 3.44. The third-order valence-corrected chi connectivity index (χ3v) is 3.13. The maximum Gasteiger partial charge on any atom is 0.119 e. The first-order chi connectivity index (χ1) is 7.83. The topological polar surface area (TPSA) is 9.23 Å². The molecule has 0 atom stereocenters. The molecule has 0 radical (unpaired) electrons. The smallest absolute Gasteiger partial charge is 0.119 e. The summed E-state index contributed by atoms with van der Waals surface area (Å²) in [6.07, 6.45) is 6.38. The van der Waals surface area contributed by atoms with Crippen molar-refractivity contribution in [2.45, 2.75) is 39.0 Å². The van der Waals surface area contributed by atoms with E-state index in [1.807, 2.05) is 12.1 Å². The van der Waals surface area contributed by atoms with E-state index in [2.05, 4.69) is 35.0 Å². The minimum atomic E-state index is 0.845. The molecule has 0 aromatic heterocycles. The number of ether oxygens (including phenoxy) is 1. The summed E-state index contributed by atoms with van der Waals surface area (Å²) in [5, 5.41) is 1.13. The summed E-state index contributed by atoms with van der Waals surface area (Å²) in [5.74, 6) is 0.992. The van der Waals surface area contributed by atoms with Crippen LogP contribution < -0.4 is 4.74 Å². The molecular weight excluding hydrogens is 264 g/mol. The minimum Gasteiger partial charge on any atom is -0.494 e. The Hall–Kier alpha value is -0.500. The Morgan fingerprint density at radius 2 is 1.56 bits per heavy atom. The van der Waals surface area contributed by atoms with E-state index in [1.54, 1.807) is 0 Å². The first kappa shape index (κ1) is 13.6. The number of benzene rings is 1. The molecule has 1 aromatic carbocycles. The quantitative estimate of drug-likeness (QED) is 0.496. The van der Waals surface area contributed by atoms with Crippen LogP contribution in [-0.4, -0.2) is 11.9 Å². The second-order valence-electron chi connectivity index (χ2n) is 4.12. The second kappa shape index (κ2) is 8.63. The Morgan fingerprint density at radius 1 is 0.938 bits per heavy atom. The molecule has 0 N–H and O–H groups in total. The summed E-state index contributed by atoms with van der Waals surface area (Å²) in [7, 11) is 0. The zero-order valence-corrected chi connectivity index (χ0v) is 11.6. The van der Waals surface area contributed by atoms with Gasteiger partial charge in [-0.05, 0) is 31.9 Å². The molecule has 0 bridgehead atoms. The number of alkyl halides is 1. The van der Waals surface area contributed by atoms with E-state index in [4.69, 9.17) is 4.74 Å². The molecule has 0 saturated heterocycles. The lowest BCUT2D eigenvalue weighted by atomic mass is 10.2. The molecular formula is C14H21BrO. The Bertz CT molecular complexity index is 269. The molecule has 0 heterocycles.